The Balaban J connectivity index is 1.69. The molecule has 3 aromatic heterocycles. The van der Waals surface area contributed by atoms with E-state index in [9.17, 15) is 17.2 Å². The average Bonchev–Trinajstić information content (AvgIpc) is 3.18. The van der Waals surface area contributed by atoms with Crippen molar-refractivity contribution in [3.63, 3.8) is 0 Å². The standard InChI is InChI=1S/C19H11F2N5O2S/c20-15-6-7-16(26-29(27,28)17-3-1-2-8-22-17)18(21)14(15)5-4-12-9-13-11-24-25-19(13)23-10-12/h1-3,6-11,26H,(H,23,24,25). The molecule has 0 spiro atoms. The van der Waals surface area contributed by atoms with Gasteiger partial charge in [0.1, 0.15) is 5.82 Å². The molecule has 7 nitrogen and oxygen atoms in total. The molecule has 0 aliphatic heterocycles. The van der Waals surface area contributed by atoms with E-state index in [1.807, 2.05) is 0 Å². The lowest BCUT2D eigenvalue weighted by Gasteiger charge is -2.09. The fourth-order valence-electron chi connectivity index (χ4n) is 2.49. The minimum Gasteiger partial charge on any atom is -0.275 e. The minimum absolute atomic E-state index is 0.296. The van der Waals surface area contributed by atoms with E-state index in [4.69, 9.17) is 0 Å². The molecule has 0 saturated carbocycles. The molecule has 3 heterocycles. The van der Waals surface area contributed by atoms with Crippen LogP contribution in [-0.2, 0) is 10.0 Å². The van der Waals surface area contributed by atoms with E-state index >= 15 is 0 Å². The van der Waals surface area contributed by atoms with E-state index in [2.05, 4.69) is 36.7 Å². The SMILES string of the molecule is O=S(=O)(Nc1ccc(F)c(C#Cc2cnc3[nH]ncc3c2)c1F)c1ccccn1. The summed E-state index contributed by atoms with van der Waals surface area (Å²) in [6.07, 6.45) is 4.26. The van der Waals surface area contributed by atoms with Crippen molar-refractivity contribution < 1.29 is 17.2 Å². The van der Waals surface area contributed by atoms with Crippen molar-refractivity contribution in [3.8, 4) is 11.8 Å². The Labute approximate surface area is 163 Å². The van der Waals surface area contributed by atoms with Crippen molar-refractivity contribution in [3.05, 3.63) is 77.8 Å². The van der Waals surface area contributed by atoms with Crippen molar-refractivity contribution in [2.45, 2.75) is 5.03 Å². The summed E-state index contributed by atoms with van der Waals surface area (Å²) >= 11 is 0. The van der Waals surface area contributed by atoms with Gasteiger partial charge in [-0.15, -0.1) is 0 Å². The summed E-state index contributed by atoms with van der Waals surface area (Å²) in [4.78, 5) is 7.81. The largest absolute Gasteiger partial charge is 0.279 e. The molecule has 2 N–H and O–H groups in total. The third kappa shape index (κ3) is 3.76. The highest BCUT2D eigenvalue weighted by Gasteiger charge is 2.20. The lowest BCUT2D eigenvalue weighted by Crippen LogP contribution is -2.15. The maximum Gasteiger partial charge on any atom is 0.279 e. The number of nitrogens with zero attached hydrogens (tertiary/aromatic N) is 3. The summed E-state index contributed by atoms with van der Waals surface area (Å²) in [5.74, 6) is 2.97. The van der Waals surface area contributed by atoms with Gasteiger partial charge in [-0.3, -0.25) is 9.82 Å². The summed E-state index contributed by atoms with van der Waals surface area (Å²) in [7, 11) is -4.14. The number of anilines is 1. The zero-order valence-electron chi connectivity index (χ0n) is 14.5. The lowest BCUT2D eigenvalue weighted by atomic mass is 10.1. The maximum atomic E-state index is 14.8. The second-order valence-corrected chi connectivity index (χ2v) is 7.47. The first kappa shape index (κ1) is 18.5. The Kier molecular flexibility index (Phi) is 4.66. The van der Waals surface area contributed by atoms with Gasteiger partial charge >= 0.3 is 0 Å². The highest BCUT2D eigenvalue weighted by molar-refractivity contribution is 7.92. The van der Waals surface area contributed by atoms with Gasteiger partial charge in [0.15, 0.2) is 16.5 Å². The first-order valence-electron chi connectivity index (χ1n) is 8.17. The second-order valence-electron chi connectivity index (χ2n) is 5.84. The van der Waals surface area contributed by atoms with Crippen LogP contribution in [0.4, 0.5) is 14.5 Å². The van der Waals surface area contributed by atoms with Gasteiger partial charge in [0.25, 0.3) is 10.0 Å². The maximum absolute atomic E-state index is 14.8. The van der Waals surface area contributed by atoms with Crippen molar-refractivity contribution >= 4 is 26.7 Å². The third-order valence-corrected chi connectivity index (χ3v) is 5.15. The predicted molar refractivity (Wildman–Crippen MR) is 101 cm³/mol. The molecule has 0 atom stereocenters. The lowest BCUT2D eigenvalue weighted by molar-refractivity contribution is 0.577. The molecule has 0 saturated heterocycles. The molecule has 29 heavy (non-hydrogen) atoms. The van der Waals surface area contributed by atoms with Gasteiger partial charge in [-0.25, -0.2) is 18.7 Å². The minimum atomic E-state index is -4.14. The fourth-order valence-corrected chi connectivity index (χ4v) is 3.50. The summed E-state index contributed by atoms with van der Waals surface area (Å²) in [5.41, 5.74) is -0.0423. The Bertz CT molecular complexity index is 1380. The van der Waals surface area contributed by atoms with Crippen LogP contribution in [0.5, 0.6) is 0 Å². The predicted octanol–water partition coefficient (Wildman–Crippen LogP) is 2.83. The molecule has 0 radical (unpaired) electrons. The molecule has 4 rings (SSSR count). The van der Waals surface area contributed by atoms with Crippen LogP contribution in [0.15, 0.2) is 60.0 Å². The molecule has 0 amide bonds. The molecule has 0 unspecified atom stereocenters. The van der Waals surface area contributed by atoms with Crippen molar-refractivity contribution in [1.29, 1.82) is 0 Å². The van der Waals surface area contributed by atoms with E-state index in [-0.39, 0.29) is 5.03 Å². The van der Waals surface area contributed by atoms with Gasteiger partial charge in [-0.05, 0) is 30.3 Å². The van der Waals surface area contributed by atoms with Crippen LogP contribution in [0, 0.1) is 23.5 Å². The number of fused-ring (bicyclic) bond motifs is 1. The summed E-state index contributed by atoms with van der Waals surface area (Å²) < 4.78 is 55.6. The Morgan fingerprint density at radius 1 is 1.03 bits per heavy atom. The molecule has 0 aliphatic carbocycles. The number of hydrogen-bond acceptors (Lipinski definition) is 5. The van der Waals surface area contributed by atoms with Gasteiger partial charge < -0.3 is 0 Å². The molecule has 10 heteroatoms. The molecule has 144 valence electrons. The fraction of sp³-hybridized carbons (Fsp3) is 0. The number of aromatic nitrogens is 4. The molecule has 1 aromatic carbocycles. The zero-order chi connectivity index (χ0) is 20.4. The van der Waals surface area contributed by atoms with Crippen molar-refractivity contribution in [1.82, 2.24) is 20.2 Å². The Morgan fingerprint density at radius 3 is 2.69 bits per heavy atom. The number of aromatic amines is 1. The normalized spacial score (nSPS) is 11.1. The van der Waals surface area contributed by atoms with Gasteiger partial charge in [-0.2, -0.15) is 13.5 Å². The van der Waals surface area contributed by atoms with E-state index in [1.54, 1.807) is 18.3 Å². The molecule has 0 bridgehead atoms. The van der Waals surface area contributed by atoms with Crippen LogP contribution in [0.1, 0.15) is 11.1 Å². The van der Waals surface area contributed by atoms with Crippen molar-refractivity contribution in [2.75, 3.05) is 4.72 Å². The monoisotopic (exact) mass is 411 g/mol. The highest BCUT2D eigenvalue weighted by Crippen LogP contribution is 2.23. The van der Waals surface area contributed by atoms with Crippen LogP contribution in [0.25, 0.3) is 11.0 Å². The smallest absolute Gasteiger partial charge is 0.275 e. The van der Waals surface area contributed by atoms with Crippen LogP contribution >= 0.6 is 0 Å². The number of sulfonamides is 1. The average molecular weight is 411 g/mol. The van der Waals surface area contributed by atoms with Gasteiger partial charge in [0.05, 0.1) is 17.4 Å². The number of hydrogen-bond donors (Lipinski definition) is 2. The quantitative estimate of drug-likeness (QED) is 0.505. The molecule has 4 aromatic rings. The number of pyridine rings is 2. The third-order valence-electron chi connectivity index (χ3n) is 3.87. The highest BCUT2D eigenvalue weighted by atomic mass is 32.2. The Morgan fingerprint density at radius 2 is 1.90 bits per heavy atom. The molecule has 0 aliphatic rings. The molecular weight excluding hydrogens is 400 g/mol. The first-order chi connectivity index (χ1) is 13.9. The van der Waals surface area contributed by atoms with Crippen LogP contribution in [-0.4, -0.2) is 28.6 Å². The van der Waals surface area contributed by atoms with Crippen molar-refractivity contribution in [2.24, 2.45) is 0 Å². The number of rotatable bonds is 3. The number of nitrogens with one attached hydrogen (secondary N) is 2. The van der Waals surface area contributed by atoms with Gasteiger partial charge in [-0.1, -0.05) is 17.9 Å². The van der Waals surface area contributed by atoms with E-state index in [1.165, 1.54) is 24.5 Å². The number of H-pyrrole nitrogens is 1. The van der Waals surface area contributed by atoms with E-state index in [0.717, 1.165) is 12.1 Å². The summed E-state index contributed by atoms with van der Waals surface area (Å²) in [6, 6.07) is 7.84. The topological polar surface area (TPSA) is 101 Å². The van der Waals surface area contributed by atoms with Gasteiger partial charge in [0, 0.05) is 23.3 Å². The number of benzene rings is 1. The second kappa shape index (κ2) is 7.29. The first-order valence-corrected chi connectivity index (χ1v) is 9.65. The van der Waals surface area contributed by atoms with Gasteiger partial charge in [0.2, 0.25) is 0 Å². The van der Waals surface area contributed by atoms with Crippen LogP contribution < -0.4 is 4.72 Å². The Hall–Kier alpha value is -3.84. The van der Waals surface area contributed by atoms with E-state index < -0.39 is 32.9 Å². The van der Waals surface area contributed by atoms with Crippen LogP contribution in [0.2, 0.25) is 0 Å². The summed E-state index contributed by atoms with van der Waals surface area (Å²) in [6.45, 7) is 0. The molecule has 0 fully saturated rings. The zero-order valence-corrected chi connectivity index (χ0v) is 15.3. The van der Waals surface area contributed by atoms with E-state index in [0.29, 0.717) is 16.6 Å². The summed E-state index contributed by atoms with van der Waals surface area (Å²) in [5, 5.41) is 6.91. The molecular formula is C19H11F2N5O2S. The van der Waals surface area contributed by atoms with Crippen LogP contribution in [0.3, 0.4) is 0 Å². The number of halogens is 2.